The minimum absolute atomic E-state index is 0.208. The van der Waals surface area contributed by atoms with E-state index < -0.39 is 11.2 Å². The van der Waals surface area contributed by atoms with Crippen LogP contribution in [-0.2, 0) is 4.79 Å². The number of carboxylic acid groups (broad SMARTS) is 1. The fourth-order valence-electron chi connectivity index (χ4n) is 0.853. The number of hydrogen-bond donors (Lipinski definition) is 1. The Bertz CT molecular complexity index is 334. The van der Waals surface area contributed by atoms with Crippen LogP contribution in [0.3, 0.4) is 0 Å². The molecule has 0 fully saturated rings. The maximum atomic E-state index is 11.5. The molecule has 0 aromatic heterocycles. The van der Waals surface area contributed by atoms with Gasteiger partial charge in [-0.1, -0.05) is 42.1 Å². The van der Waals surface area contributed by atoms with Crippen molar-refractivity contribution >= 4 is 22.8 Å². The van der Waals surface area contributed by atoms with E-state index in [2.05, 4.69) is 0 Å². The number of carboxylic acids is 1. The van der Waals surface area contributed by atoms with Gasteiger partial charge in [0.1, 0.15) is 5.25 Å². The molecule has 1 rings (SSSR count). The number of benzene rings is 1. The van der Waals surface area contributed by atoms with Crippen LogP contribution in [0, 0.1) is 0 Å². The van der Waals surface area contributed by atoms with E-state index in [0.29, 0.717) is 5.56 Å². The summed E-state index contributed by atoms with van der Waals surface area (Å²) in [6, 6.07) is 8.65. The average Bonchev–Trinajstić information content (AvgIpc) is 2.19. The van der Waals surface area contributed by atoms with Crippen molar-refractivity contribution in [2.45, 2.75) is 12.2 Å². The van der Waals surface area contributed by atoms with Crippen molar-refractivity contribution in [2.24, 2.45) is 0 Å². The molecule has 1 aromatic rings. The second kappa shape index (κ2) is 4.81. The fraction of sp³-hybridized carbons (Fsp3) is 0.200. The molecule has 4 heteroatoms. The number of hydrogen-bond acceptors (Lipinski definition) is 3. The summed E-state index contributed by atoms with van der Waals surface area (Å²) in [4.78, 5) is 22.0. The lowest BCUT2D eigenvalue weighted by Crippen LogP contribution is -2.14. The maximum absolute atomic E-state index is 11.5. The van der Waals surface area contributed by atoms with Gasteiger partial charge < -0.3 is 5.11 Å². The van der Waals surface area contributed by atoms with Crippen molar-refractivity contribution in [3.05, 3.63) is 35.9 Å². The zero-order valence-electron chi connectivity index (χ0n) is 7.64. The molecular formula is C10H10O3S. The minimum atomic E-state index is -0.973. The third-order valence-electron chi connectivity index (χ3n) is 1.64. The molecule has 0 aliphatic heterocycles. The topological polar surface area (TPSA) is 54.4 Å². The highest BCUT2D eigenvalue weighted by Gasteiger charge is 2.17. The second-order valence-corrected chi connectivity index (χ2v) is 4.07. The normalized spacial score (nSPS) is 12.1. The smallest absolute Gasteiger partial charge is 0.316 e. The maximum Gasteiger partial charge on any atom is 0.316 e. The zero-order chi connectivity index (χ0) is 10.6. The first-order valence-corrected chi connectivity index (χ1v) is 4.98. The first-order chi connectivity index (χ1) is 6.61. The van der Waals surface area contributed by atoms with E-state index in [1.807, 2.05) is 6.07 Å². The van der Waals surface area contributed by atoms with Gasteiger partial charge in [-0.15, -0.1) is 0 Å². The summed E-state index contributed by atoms with van der Waals surface area (Å²) in [6.07, 6.45) is 0. The summed E-state index contributed by atoms with van der Waals surface area (Å²) in [6.45, 7) is 1.49. The Kier molecular flexibility index (Phi) is 3.71. The molecule has 0 aliphatic carbocycles. The molecule has 1 N–H and O–H groups in total. The van der Waals surface area contributed by atoms with Crippen LogP contribution in [0.5, 0.6) is 0 Å². The van der Waals surface area contributed by atoms with E-state index in [4.69, 9.17) is 5.11 Å². The summed E-state index contributed by atoms with van der Waals surface area (Å²) in [5.41, 5.74) is 0.533. The van der Waals surface area contributed by atoms with Crippen molar-refractivity contribution in [3.8, 4) is 0 Å². The molecule has 3 nitrogen and oxygen atoms in total. The molecule has 0 saturated carbocycles. The molecule has 14 heavy (non-hydrogen) atoms. The highest BCUT2D eigenvalue weighted by atomic mass is 32.2. The number of carbonyl (C=O) groups is 2. The number of thioether (sulfide) groups is 1. The molecule has 0 amide bonds. The Morgan fingerprint density at radius 3 is 2.36 bits per heavy atom. The standard InChI is InChI=1S/C10H10O3S/c1-7(9(11)12)14-10(13)8-5-3-2-4-6-8/h2-7H,1H3,(H,11,12). The average molecular weight is 210 g/mol. The lowest BCUT2D eigenvalue weighted by atomic mass is 10.2. The SMILES string of the molecule is CC(SC(=O)c1ccccc1)C(=O)O. The summed E-state index contributed by atoms with van der Waals surface area (Å²) >= 11 is 0.822. The van der Waals surface area contributed by atoms with Gasteiger partial charge >= 0.3 is 5.97 Å². The van der Waals surface area contributed by atoms with Crippen LogP contribution in [0.1, 0.15) is 17.3 Å². The first kappa shape index (κ1) is 10.8. The van der Waals surface area contributed by atoms with Gasteiger partial charge in [0.25, 0.3) is 0 Å². The van der Waals surface area contributed by atoms with Gasteiger partial charge in [-0.3, -0.25) is 9.59 Å². The van der Waals surface area contributed by atoms with Crippen LogP contribution in [0.25, 0.3) is 0 Å². The molecule has 0 heterocycles. The Hall–Kier alpha value is -1.29. The van der Waals surface area contributed by atoms with Crippen molar-refractivity contribution in [1.29, 1.82) is 0 Å². The number of aliphatic carboxylic acids is 1. The van der Waals surface area contributed by atoms with E-state index in [0.717, 1.165) is 11.8 Å². The molecule has 0 saturated heterocycles. The van der Waals surface area contributed by atoms with E-state index in [9.17, 15) is 9.59 Å². The molecule has 1 aromatic carbocycles. The summed E-state index contributed by atoms with van der Waals surface area (Å²) < 4.78 is 0. The Morgan fingerprint density at radius 1 is 1.29 bits per heavy atom. The second-order valence-electron chi connectivity index (χ2n) is 2.75. The predicted molar refractivity (Wildman–Crippen MR) is 55.5 cm³/mol. The summed E-state index contributed by atoms with van der Waals surface area (Å²) in [5.74, 6) is -0.973. The van der Waals surface area contributed by atoms with Gasteiger partial charge in [0, 0.05) is 5.56 Å². The van der Waals surface area contributed by atoms with Crippen LogP contribution in [0.2, 0.25) is 0 Å². The minimum Gasteiger partial charge on any atom is -0.480 e. The molecule has 1 atom stereocenters. The molecule has 0 radical (unpaired) electrons. The van der Waals surface area contributed by atoms with Crippen molar-refractivity contribution in [3.63, 3.8) is 0 Å². The summed E-state index contributed by atoms with van der Waals surface area (Å²) in [5, 5.41) is 7.69. The molecule has 0 bridgehead atoms. The Balaban J connectivity index is 2.64. The molecule has 0 aliphatic rings. The Morgan fingerprint density at radius 2 is 1.86 bits per heavy atom. The summed E-state index contributed by atoms with van der Waals surface area (Å²) in [7, 11) is 0. The highest BCUT2D eigenvalue weighted by molar-refractivity contribution is 8.15. The third kappa shape index (κ3) is 2.88. The largest absolute Gasteiger partial charge is 0.480 e. The Labute approximate surface area is 86.1 Å². The van der Waals surface area contributed by atoms with Gasteiger partial charge in [-0.05, 0) is 6.92 Å². The van der Waals surface area contributed by atoms with Crippen molar-refractivity contribution < 1.29 is 14.7 Å². The van der Waals surface area contributed by atoms with Crippen LogP contribution >= 0.6 is 11.8 Å². The van der Waals surface area contributed by atoms with E-state index in [1.165, 1.54) is 6.92 Å². The monoisotopic (exact) mass is 210 g/mol. The first-order valence-electron chi connectivity index (χ1n) is 4.10. The fourth-order valence-corrected chi connectivity index (χ4v) is 1.55. The molecule has 0 spiro atoms. The quantitative estimate of drug-likeness (QED) is 0.829. The van der Waals surface area contributed by atoms with Crippen molar-refractivity contribution in [1.82, 2.24) is 0 Å². The van der Waals surface area contributed by atoms with E-state index >= 15 is 0 Å². The van der Waals surface area contributed by atoms with Crippen molar-refractivity contribution in [2.75, 3.05) is 0 Å². The van der Waals surface area contributed by atoms with Crippen LogP contribution in [0.4, 0.5) is 0 Å². The lowest BCUT2D eigenvalue weighted by molar-refractivity contribution is -0.136. The third-order valence-corrected chi connectivity index (χ3v) is 2.65. The molecule has 1 unspecified atom stereocenters. The van der Waals surface area contributed by atoms with E-state index in [-0.39, 0.29) is 5.12 Å². The van der Waals surface area contributed by atoms with Crippen LogP contribution < -0.4 is 0 Å². The van der Waals surface area contributed by atoms with Crippen LogP contribution in [-0.4, -0.2) is 21.4 Å². The molecular weight excluding hydrogens is 200 g/mol. The lowest BCUT2D eigenvalue weighted by Gasteiger charge is -2.03. The molecule has 74 valence electrons. The van der Waals surface area contributed by atoms with Crippen LogP contribution in [0.15, 0.2) is 30.3 Å². The predicted octanol–water partition coefficient (Wildman–Crippen LogP) is 2.03. The van der Waals surface area contributed by atoms with E-state index in [1.54, 1.807) is 24.3 Å². The van der Waals surface area contributed by atoms with Gasteiger partial charge in [0.2, 0.25) is 5.12 Å². The number of rotatable bonds is 3. The zero-order valence-corrected chi connectivity index (χ0v) is 8.45. The van der Waals surface area contributed by atoms with Gasteiger partial charge in [0.05, 0.1) is 0 Å². The highest BCUT2D eigenvalue weighted by Crippen LogP contribution is 2.17. The number of carbonyl (C=O) groups excluding carboxylic acids is 1. The van der Waals surface area contributed by atoms with Gasteiger partial charge in [-0.2, -0.15) is 0 Å². The van der Waals surface area contributed by atoms with Gasteiger partial charge in [0.15, 0.2) is 0 Å². The van der Waals surface area contributed by atoms with Gasteiger partial charge in [-0.25, -0.2) is 0 Å².